The van der Waals surface area contributed by atoms with Crippen molar-refractivity contribution in [1.29, 1.82) is 0 Å². The van der Waals surface area contributed by atoms with E-state index in [2.05, 4.69) is 12.2 Å². The Hall–Kier alpha value is -0.370. The van der Waals surface area contributed by atoms with E-state index in [0.29, 0.717) is 25.9 Å². The Balaban J connectivity index is 0.00000441. The topological polar surface area (TPSA) is 92.5 Å². The molecule has 0 aromatic heterocycles. The van der Waals surface area contributed by atoms with Gasteiger partial charge in [0.1, 0.15) is 6.04 Å². The van der Waals surface area contributed by atoms with E-state index in [4.69, 9.17) is 5.73 Å². The molecule has 0 radical (unpaired) electrons. The zero-order valence-electron chi connectivity index (χ0n) is 13.6. The van der Waals surface area contributed by atoms with Crippen LogP contribution in [0.25, 0.3) is 0 Å². The van der Waals surface area contributed by atoms with Crippen LogP contribution in [0, 0.1) is 0 Å². The first-order valence-corrected chi connectivity index (χ1v) is 9.57. The third kappa shape index (κ3) is 6.02. The molecule has 6 nitrogen and oxygen atoms in total. The highest BCUT2D eigenvalue weighted by atomic mass is 35.5. The largest absolute Gasteiger partial charge is 0.351 e. The lowest BCUT2D eigenvalue weighted by atomic mass is 10.1. The monoisotopic (exact) mass is 355 g/mol. The van der Waals surface area contributed by atoms with Crippen LogP contribution in [0.3, 0.4) is 0 Å². The van der Waals surface area contributed by atoms with E-state index < -0.39 is 16.1 Å². The maximum absolute atomic E-state index is 12.4. The third-order valence-corrected chi connectivity index (χ3v) is 5.94. The number of nitrogens with one attached hydrogen (secondary N) is 1. The second kappa shape index (κ2) is 10.4. The number of halogens is 1. The Morgan fingerprint density at radius 1 is 1.36 bits per heavy atom. The number of sulfonamides is 1. The smallest absolute Gasteiger partial charge is 0.238 e. The number of nitrogens with zero attached hydrogens (tertiary/aromatic N) is 1. The van der Waals surface area contributed by atoms with Gasteiger partial charge in [-0.05, 0) is 25.7 Å². The van der Waals surface area contributed by atoms with Crippen molar-refractivity contribution >= 4 is 28.3 Å². The molecular weight excluding hydrogens is 326 g/mol. The van der Waals surface area contributed by atoms with E-state index in [0.717, 1.165) is 25.7 Å². The van der Waals surface area contributed by atoms with Crippen LogP contribution < -0.4 is 11.1 Å². The van der Waals surface area contributed by atoms with Crippen molar-refractivity contribution in [2.45, 2.75) is 64.5 Å². The average Bonchev–Trinajstić information content (AvgIpc) is 2.93. The van der Waals surface area contributed by atoms with Crippen LogP contribution in [0.4, 0.5) is 0 Å². The summed E-state index contributed by atoms with van der Waals surface area (Å²) in [5, 5.41) is 2.92. The molecule has 2 unspecified atom stereocenters. The summed E-state index contributed by atoms with van der Waals surface area (Å²) >= 11 is 0. The van der Waals surface area contributed by atoms with E-state index >= 15 is 0 Å². The molecule has 3 N–H and O–H groups in total. The van der Waals surface area contributed by atoms with Gasteiger partial charge in [-0.3, -0.25) is 4.79 Å². The molecule has 22 heavy (non-hydrogen) atoms. The molecule has 1 aliphatic heterocycles. The van der Waals surface area contributed by atoms with Crippen LogP contribution in [0.5, 0.6) is 0 Å². The van der Waals surface area contributed by atoms with Gasteiger partial charge in [0.25, 0.3) is 0 Å². The number of unbranched alkanes of at least 4 members (excludes halogenated alkanes) is 1. The normalized spacial score (nSPS) is 20.4. The Kier molecular flexibility index (Phi) is 10.2. The Labute approximate surface area is 140 Å². The lowest BCUT2D eigenvalue weighted by molar-refractivity contribution is -0.124. The molecule has 0 aromatic carbocycles. The zero-order valence-corrected chi connectivity index (χ0v) is 15.2. The first kappa shape index (κ1) is 21.6. The quantitative estimate of drug-likeness (QED) is 0.651. The summed E-state index contributed by atoms with van der Waals surface area (Å²) in [6.45, 7) is 4.76. The second-order valence-corrected chi connectivity index (χ2v) is 7.71. The molecule has 0 saturated carbocycles. The lowest BCUT2D eigenvalue weighted by Gasteiger charge is -2.25. The highest BCUT2D eigenvalue weighted by Crippen LogP contribution is 2.22. The number of hydrogen-bond acceptors (Lipinski definition) is 4. The SMILES string of the molecule is CCCCC(CN)NC(=O)C1CCCN1S(=O)(=O)CCC.Cl. The van der Waals surface area contributed by atoms with Gasteiger partial charge in [0, 0.05) is 19.1 Å². The number of carbonyl (C=O) groups is 1. The molecule has 1 aliphatic rings. The fourth-order valence-corrected chi connectivity index (χ4v) is 4.45. The van der Waals surface area contributed by atoms with Crippen molar-refractivity contribution in [3.63, 3.8) is 0 Å². The third-order valence-electron chi connectivity index (χ3n) is 3.86. The van der Waals surface area contributed by atoms with Crippen molar-refractivity contribution in [2.75, 3.05) is 18.8 Å². The maximum atomic E-state index is 12.4. The van der Waals surface area contributed by atoms with Gasteiger partial charge in [0.15, 0.2) is 0 Å². The van der Waals surface area contributed by atoms with E-state index in [9.17, 15) is 13.2 Å². The summed E-state index contributed by atoms with van der Waals surface area (Å²) in [5.41, 5.74) is 5.68. The van der Waals surface area contributed by atoms with Crippen LogP contribution >= 0.6 is 12.4 Å². The van der Waals surface area contributed by atoms with Crippen LogP contribution in [-0.4, -0.2) is 49.6 Å². The summed E-state index contributed by atoms with van der Waals surface area (Å²) in [5.74, 6) is -0.0915. The van der Waals surface area contributed by atoms with Gasteiger partial charge >= 0.3 is 0 Å². The van der Waals surface area contributed by atoms with Crippen LogP contribution in [0.15, 0.2) is 0 Å². The summed E-state index contributed by atoms with van der Waals surface area (Å²) < 4.78 is 25.8. The van der Waals surface area contributed by atoms with Gasteiger partial charge in [-0.2, -0.15) is 4.31 Å². The number of carbonyl (C=O) groups excluding carboxylic acids is 1. The van der Waals surface area contributed by atoms with Gasteiger partial charge in [-0.25, -0.2) is 8.42 Å². The molecule has 1 amide bonds. The molecule has 0 aliphatic carbocycles. The Morgan fingerprint density at radius 2 is 2.05 bits per heavy atom. The molecule has 2 atom stereocenters. The first-order chi connectivity index (χ1) is 9.96. The van der Waals surface area contributed by atoms with E-state index in [1.165, 1.54) is 4.31 Å². The predicted octanol–water partition coefficient (Wildman–Crippen LogP) is 1.25. The Bertz CT molecular complexity index is 431. The van der Waals surface area contributed by atoms with Crippen molar-refractivity contribution in [3.05, 3.63) is 0 Å². The summed E-state index contributed by atoms with van der Waals surface area (Å²) in [4.78, 5) is 12.4. The van der Waals surface area contributed by atoms with Gasteiger partial charge in [-0.15, -0.1) is 12.4 Å². The first-order valence-electron chi connectivity index (χ1n) is 7.96. The lowest BCUT2D eigenvalue weighted by Crippen LogP contribution is -2.50. The fourth-order valence-electron chi connectivity index (χ4n) is 2.71. The van der Waals surface area contributed by atoms with Crippen LogP contribution in [-0.2, 0) is 14.8 Å². The summed E-state index contributed by atoms with van der Waals surface area (Å²) in [6, 6.07) is -0.619. The summed E-state index contributed by atoms with van der Waals surface area (Å²) in [6.07, 6.45) is 4.79. The number of hydrogen-bond donors (Lipinski definition) is 2. The van der Waals surface area contributed by atoms with Crippen LogP contribution in [0.1, 0.15) is 52.4 Å². The summed E-state index contributed by atoms with van der Waals surface area (Å²) in [7, 11) is -3.32. The van der Waals surface area contributed by atoms with Crippen LogP contribution in [0.2, 0.25) is 0 Å². The minimum absolute atomic E-state index is 0. The maximum Gasteiger partial charge on any atom is 0.238 e. The average molecular weight is 356 g/mol. The van der Waals surface area contributed by atoms with E-state index in [1.807, 2.05) is 6.92 Å². The van der Waals surface area contributed by atoms with Crippen molar-refractivity contribution in [1.82, 2.24) is 9.62 Å². The molecule has 1 rings (SSSR count). The molecule has 1 saturated heterocycles. The fraction of sp³-hybridized carbons (Fsp3) is 0.929. The van der Waals surface area contributed by atoms with Gasteiger partial charge in [0.2, 0.25) is 15.9 Å². The van der Waals surface area contributed by atoms with E-state index in [1.54, 1.807) is 0 Å². The predicted molar refractivity (Wildman–Crippen MR) is 91.6 cm³/mol. The molecule has 1 heterocycles. The molecule has 0 bridgehead atoms. The molecule has 0 spiro atoms. The van der Waals surface area contributed by atoms with E-state index in [-0.39, 0.29) is 30.1 Å². The minimum atomic E-state index is -3.32. The van der Waals surface area contributed by atoms with Crippen molar-refractivity contribution < 1.29 is 13.2 Å². The molecule has 1 fully saturated rings. The van der Waals surface area contributed by atoms with Crippen molar-refractivity contribution in [2.24, 2.45) is 5.73 Å². The highest BCUT2D eigenvalue weighted by molar-refractivity contribution is 7.89. The molecule has 8 heteroatoms. The van der Waals surface area contributed by atoms with Crippen molar-refractivity contribution in [3.8, 4) is 0 Å². The number of rotatable bonds is 9. The van der Waals surface area contributed by atoms with Gasteiger partial charge in [-0.1, -0.05) is 26.7 Å². The highest BCUT2D eigenvalue weighted by Gasteiger charge is 2.38. The second-order valence-electron chi connectivity index (χ2n) is 5.67. The zero-order chi connectivity index (χ0) is 15.9. The standard InChI is InChI=1S/C14H29N3O3S.ClH/c1-3-5-7-12(11-15)16-14(18)13-8-6-9-17(13)21(19,20)10-4-2;/h12-13H,3-11,15H2,1-2H3,(H,16,18);1H. The van der Waals surface area contributed by atoms with Gasteiger partial charge in [0.05, 0.1) is 5.75 Å². The Morgan fingerprint density at radius 3 is 2.59 bits per heavy atom. The minimum Gasteiger partial charge on any atom is -0.351 e. The molecular formula is C14H30ClN3O3S. The number of nitrogens with two attached hydrogens (primary N) is 1. The number of amides is 1. The molecule has 0 aromatic rings. The molecule has 132 valence electrons. The van der Waals surface area contributed by atoms with Gasteiger partial charge < -0.3 is 11.1 Å².